The van der Waals surface area contributed by atoms with E-state index >= 15 is 0 Å². The van der Waals surface area contributed by atoms with Crippen molar-refractivity contribution < 1.29 is 9.59 Å². The zero-order valence-electron chi connectivity index (χ0n) is 14.7. The number of anilines is 1. The number of carbonyl (C=O) groups excluding carboxylic acids is 2. The molecule has 0 spiro atoms. The maximum absolute atomic E-state index is 12.5. The number of fused-ring (bicyclic) bond motifs is 1. The van der Waals surface area contributed by atoms with Gasteiger partial charge in [0.25, 0.3) is 0 Å². The van der Waals surface area contributed by atoms with Crippen molar-refractivity contribution in [3.05, 3.63) is 24.3 Å². The van der Waals surface area contributed by atoms with Crippen molar-refractivity contribution in [1.82, 2.24) is 21.2 Å². The molecule has 3 N–H and O–H groups in total. The van der Waals surface area contributed by atoms with Gasteiger partial charge in [-0.3, -0.25) is 9.59 Å². The molecule has 0 saturated carbocycles. The van der Waals surface area contributed by atoms with Crippen LogP contribution in [0.5, 0.6) is 0 Å². The lowest BCUT2D eigenvalue weighted by atomic mass is 10.0. The monoisotopic (exact) mass is 373 g/mol. The smallest absolute Gasteiger partial charge is 0.238 e. The molecule has 8 heteroatoms. The Morgan fingerprint density at radius 3 is 2.85 bits per heavy atom. The molecule has 26 heavy (non-hydrogen) atoms. The van der Waals surface area contributed by atoms with Crippen molar-refractivity contribution in [2.75, 3.05) is 18.0 Å². The fraction of sp³-hybridized carbons (Fsp3) is 0.500. The number of piperidine rings is 1. The minimum Gasteiger partial charge on any atom is -0.350 e. The second kappa shape index (κ2) is 7.30. The van der Waals surface area contributed by atoms with Gasteiger partial charge in [-0.15, -0.1) is 0 Å². The standard InChI is InChI=1S/C18H23N5O2S/c1-11(24)14-9-15(22-21-14)17(25)19-12-5-4-8-23(10-12)18-20-13-6-2-3-7-16(13)26-18/h2-3,6-7,12,14-15,21-22H,4-5,8-10H2,1H3,(H,19,25). The number of nitrogens with zero attached hydrogens (tertiary/aromatic N) is 2. The molecule has 3 atom stereocenters. The Balaban J connectivity index is 1.37. The van der Waals surface area contributed by atoms with Gasteiger partial charge in [0.2, 0.25) is 5.91 Å². The summed E-state index contributed by atoms with van der Waals surface area (Å²) in [5.41, 5.74) is 6.85. The average molecular weight is 373 g/mol. The first-order valence-electron chi connectivity index (χ1n) is 9.02. The summed E-state index contributed by atoms with van der Waals surface area (Å²) in [5.74, 6) is 0.00452. The number of ketones is 1. The number of amides is 1. The van der Waals surface area contributed by atoms with E-state index in [2.05, 4.69) is 27.1 Å². The number of thiazole rings is 1. The second-order valence-electron chi connectivity index (χ2n) is 7.00. The van der Waals surface area contributed by atoms with Crippen molar-refractivity contribution in [2.24, 2.45) is 0 Å². The van der Waals surface area contributed by atoms with Gasteiger partial charge in [0.15, 0.2) is 5.13 Å². The van der Waals surface area contributed by atoms with Crippen LogP contribution in [-0.2, 0) is 9.59 Å². The zero-order valence-corrected chi connectivity index (χ0v) is 15.5. The molecule has 1 amide bonds. The third-order valence-electron chi connectivity index (χ3n) is 5.03. The van der Waals surface area contributed by atoms with Crippen LogP contribution in [-0.4, -0.2) is 47.9 Å². The van der Waals surface area contributed by atoms with Crippen LogP contribution < -0.4 is 21.1 Å². The van der Waals surface area contributed by atoms with E-state index in [0.717, 1.165) is 36.6 Å². The summed E-state index contributed by atoms with van der Waals surface area (Å²) in [7, 11) is 0. The van der Waals surface area contributed by atoms with Gasteiger partial charge in [-0.1, -0.05) is 23.5 Å². The van der Waals surface area contributed by atoms with E-state index in [1.165, 1.54) is 11.6 Å². The Morgan fingerprint density at radius 1 is 1.27 bits per heavy atom. The number of nitrogens with one attached hydrogen (secondary N) is 3. The predicted octanol–water partition coefficient (Wildman–Crippen LogP) is 1.21. The third kappa shape index (κ3) is 3.58. The molecule has 1 aromatic carbocycles. The van der Waals surface area contributed by atoms with E-state index in [4.69, 9.17) is 4.98 Å². The third-order valence-corrected chi connectivity index (χ3v) is 6.13. The van der Waals surface area contributed by atoms with Crippen LogP contribution in [0, 0.1) is 0 Å². The summed E-state index contributed by atoms with van der Waals surface area (Å²) in [6.07, 6.45) is 2.48. The molecule has 0 radical (unpaired) electrons. The predicted molar refractivity (Wildman–Crippen MR) is 102 cm³/mol. The van der Waals surface area contributed by atoms with Crippen molar-refractivity contribution >= 4 is 38.4 Å². The minimum absolute atomic E-state index is 0.0441. The first-order chi connectivity index (χ1) is 12.6. The summed E-state index contributed by atoms with van der Waals surface area (Å²) in [5, 5.41) is 4.15. The summed E-state index contributed by atoms with van der Waals surface area (Å²) >= 11 is 1.70. The molecule has 4 rings (SSSR count). The minimum atomic E-state index is -0.360. The maximum Gasteiger partial charge on any atom is 0.238 e. The Labute approximate surface area is 156 Å². The lowest BCUT2D eigenvalue weighted by molar-refractivity contribution is -0.123. The summed E-state index contributed by atoms with van der Waals surface area (Å²) < 4.78 is 1.19. The molecule has 2 fully saturated rings. The van der Waals surface area contributed by atoms with Gasteiger partial charge in [0.1, 0.15) is 11.8 Å². The van der Waals surface area contributed by atoms with Gasteiger partial charge in [0.05, 0.1) is 16.3 Å². The van der Waals surface area contributed by atoms with Crippen LogP contribution in [0.4, 0.5) is 5.13 Å². The van der Waals surface area contributed by atoms with Crippen molar-refractivity contribution in [3.8, 4) is 0 Å². The highest BCUT2D eigenvalue weighted by atomic mass is 32.1. The van der Waals surface area contributed by atoms with Crippen LogP contribution in [0.1, 0.15) is 26.2 Å². The number of benzene rings is 1. The van der Waals surface area contributed by atoms with Gasteiger partial charge in [-0.25, -0.2) is 15.8 Å². The molecule has 1 aromatic heterocycles. The van der Waals surface area contributed by atoms with E-state index < -0.39 is 0 Å². The van der Waals surface area contributed by atoms with Crippen LogP contribution >= 0.6 is 11.3 Å². The van der Waals surface area contributed by atoms with E-state index in [9.17, 15) is 9.59 Å². The van der Waals surface area contributed by atoms with Crippen LogP contribution in [0.3, 0.4) is 0 Å². The number of Topliss-reactive ketones (excluding diaryl/α,β-unsaturated/α-hetero) is 1. The molecular formula is C18H23N5O2S. The van der Waals surface area contributed by atoms with Gasteiger partial charge in [0, 0.05) is 19.1 Å². The number of hydrogen-bond donors (Lipinski definition) is 3. The number of carbonyl (C=O) groups is 2. The Bertz CT molecular complexity index is 790. The first kappa shape index (κ1) is 17.4. The maximum atomic E-state index is 12.5. The average Bonchev–Trinajstić information content (AvgIpc) is 3.29. The Morgan fingerprint density at radius 2 is 2.08 bits per heavy atom. The highest BCUT2D eigenvalue weighted by Crippen LogP contribution is 2.30. The van der Waals surface area contributed by atoms with Crippen molar-refractivity contribution in [1.29, 1.82) is 0 Å². The molecule has 0 aliphatic carbocycles. The quantitative estimate of drug-likeness (QED) is 0.747. The number of hydrogen-bond acceptors (Lipinski definition) is 7. The largest absolute Gasteiger partial charge is 0.350 e. The molecule has 2 aromatic rings. The molecule has 2 saturated heterocycles. The molecule has 3 heterocycles. The van der Waals surface area contributed by atoms with Crippen molar-refractivity contribution in [3.63, 3.8) is 0 Å². The van der Waals surface area contributed by atoms with Gasteiger partial charge >= 0.3 is 0 Å². The summed E-state index contributed by atoms with van der Waals surface area (Å²) in [4.78, 5) is 30.9. The molecule has 2 aliphatic rings. The lowest BCUT2D eigenvalue weighted by Gasteiger charge is -2.33. The van der Waals surface area contributed by atoms with Crippen LogP contribution in [0.2, 0.25) is 0 Å². The van der Waals surface area contributed by atoms with Gasteiger partial charge in [-0.05, 0) is 38.3 Å². The number of rotatable bonds is 4. The van der Waals surface area contributed by atoms with Gasteiger partial charge in [-0.2, -0.15) is 0 Å². The van der Waals surface area contributed by atoms with Crippen LogP contribution in [0.15, 0.2) is 24.3 Å². The fourth-order valence-electron chi connectivity index (χ4n) is 3.56. The normalized spacial score (nSPS) is 26.2. The first-order valence-corrected chi connectivity index (χ1v) is 9.84. The van der Waals surface area contributed by atoms with Crippen molar-refractivity contribution in [2.45, 2.75) is 44.3 Å². The molecular weight excluding hydrogens is 350 g/mol. The lowest BCUT2D eigenvalue weighted by Crippen LogP contribution is -2.52. The van der Waals surface area contributed by atoms with E-state index in [1.54, 1.807) is 11.3 Å². The second-order valence-corrected chi connectivity index (χ2v) is 8.01. The number of aromatic nitrogens is 1. The molecule has 2 aliphatic heterocycles. The number of hydrazine groups is 1. The fourth-order valence-corrected chi connectivity index (χ4v) is 4.56. The molecule has 0 bridgehead atoms. The SMILES string of the molecule is CC(=O)C1CC(C(=O)NC2CCCN(c3nc4ccccc4s3)C2)NN1. The van der Waals surface area contributed by atoms with Crippen LogP contribution in [0.25, 0.3) is 10.2 Å². The number of para-hydroxylation sites is 1. The van der Waals surface area contributed by atoms with E-state index in [0.29, 0.717) is 6.42 Å². The van der Waals surface area contributed by atoms with E-state index in [1.807, 2.05) is 18.2 Å². The van der Waals surface area contributed by atoms with E-state index in [-0.39, 0.29) is 29.8 Å². The summed E-state index contributed by atoms with van der Waals surface area (Å²) in [6.45, 7) is 3.26. The summed E-state index contributed by atoms with van der Waals surface area (Å²) in [6, 6.07) is 7.61. The highest BCUT2D eigenvalue weighted by Gasteiger charge is 2.33. The Kier molecular flexibility index (Phi) is 4.88. The van der Waals surface area contributed by atoms with Gasteiger partial charge < -0.3 is 10.2 Å². The zero-order chi connectivity index (χ0) is 18.1. The molecule has 7 nitrogen and oxygen atoms in total. The molecule has 3 unspecified atom stereocenters. The topological polar surface area (TPSA) is 86.4 Å². The Hall–Kier alpha value is -2.03. The highest BCUT2D eigenvalue weighted by molar-refractivity contribution is 7.22. The molecule has 138 valence electrons.